The van der Waals surface area contributed by atoms with Gasteiger partial charge in [0.2, 0.25) is 17.7 Å². The molecule has 20 heavy (non-hydrogen) atoms. The van der Waals surface area contributed by atoms with E-state index in [0.29, 0.717) is 6.42 Å². The minimum absolute atomic E-state index is 0.0271. The molecule has 1 aromatic carbocycles. The Labute approximate surface area is 114 Å². The molecule has 0 saturated carbocycles. The first-order chi connectivity index (χ1) is 9.40. The van der Waals surface area contributed by atoms with Crippen LogP contribution in [0.1, 0.15) is 28.8 Å². The van der Waals surface area contributed by atoms with Crippen LogP contribution in [0.4, 0.5) is 4.39 Å². The molecule has 1 saturated heterocycles. The average molecular weight is 279 g/mol. The molecule has 0 aliphatic carbocycles. The van der Waals surface area contributed by atoms with Crippen LogP contribution in [0.5, 0.6) is 0 Å². The van der Waals surface area contributed by atoms with Crippen LogP contribution in [0.25, 0.3) is 0 Å². The number of hydrogen-bond acceptors (Lipinski definition) is 4. The highest BCUT2D eigenvalue weighted by atomic mass is 19.1. The molecule has 4 N–H and O–H groups in total. The second-order valence-electron chi connectivity index (χ2n) is 4.63. The van der Waals surface area contributed by atoms with E-state index in [1.54, 1.807) is 0 Å². The van der Waals surface area contributed by atoms with Crippen LogP contribution in [0.3, 0.4) is 0 Å². The molecule has 1 fully saturated rings. The highest BCUT2D eigenvalue weighted by Gasteiger charge is 2.32. The topological polar surface area (TPSA) is 106 Å². The van der Waals surface area contributed by atoms with Gasteiger partial charge in [0.15, 0.2) is 0 Å². The van der Waals surface area contributed by atoms with Crippen molar-refractivity contribution in [3.05, 3.63) is 35.1 Å². The predicted octanol–water partition coefficient (Wildman–Crippen LogP) is -0.0991. The van der Waals surface area contributed by atoms with Gasteiger partial charge in [0.25, 0.3) is 0 Å². The highest BCUT2D eigenvalue weighted by molar-refractivity contribution is 6.00. The SMILES string of the molecule is NC(=O)c1ccc(CN2C(=O)CCC(N)C2=O)c(F)c1. The maximum absolute atomic E-state index is 13.8. The lowest BCUT2D eigenvalue weighted by Gasteiger charge is -2.28. The lowest BCUT2D eigenvalue weighted by Crippen LogP contribution is -2.50. The van der Waals surface area contributed by atoms with Crippen molar-refractivity contribution in [1.29, 1.82) is 0 Å². The Kier molecular flexibility index (Phi) is 3.80. The van der Waals surface area contributed by atoms with Gasteiger partial charge in [0.1, 0.15) is 5.82 Å². The van der Waals surface area contributed by atoms with Crippen molar-refractivity contribution >= 4 is 17.7 Å². The summed E-state index contributed by atoms with van der Waals surface area (Å²) < 4.78 is 13.8. The summed E-state index contributed by atoms with van der Waals surface area (Å²) in [7, 11) is 0. The molecule has 1 unspecified atom stereocenters. The van der Waals surface area contributed by atoms with E-state index >= 15 is 0 Å². The second-order valence-corrected chi connectivity index (χ2v) is 4.63. The van der Waals surface area contributed by atoms with Crippen molar-refractivity contribution in [3.63, 3.8) is 0 Å². The summed E-state index contributed by atoms with van der Waals surface area (Å²) in [5.41, 5.74) is 10.8. The molecule has 3 amide bonds. The quantitative estimate of drug-likeness (QED) is 0.753. The van der Waals surface area contributed by atoms with Crippen molar-refractivity contribution in [2.45, 2.75) is 25.4 Å². The first-order valence-electron chi connectivity index (χ1n) is 6.08. The molecule has 2 rings (SSSR count). The van der Waals surface area contributed by atoms with Crippen LogP contribution in [0, 0.1) is 5.82 Å². The number of carbonyl (C=O) groups is 3. The molecule has 1 aliphatic heterocycles. The number of hydrogen-bond donors (Lipinski definition) is 2. The van der Waals surface area contributed by atoms with Gasteiger partial charge in [0, 0.05) is 17.5 Å². The molecule has 1 aromatic rings. The maximum atomic E-state index is 13.8. The molecule has 7 heteroatoms. The number of carbonyl (C=O) groups excluding carboxylic acids is 3. The number of likely N-dealkylation sites (tertiary alicyclic amines) is 1. The number of benzene rings is 1. The van der Waals surface area contributed by atoms with Crippen LogP contribution >= 0.6 is 0 Å². The van der Waals surface area contributed by atoms with Gasteiger partial charge >= 0.3 is 0 Å². The van der Waals surface area contributed by atoms with E-state index in [-0.39, 0.29) is 30.0 Å². The zero-order valence-electron chi connectivity index (χ0n) is 10.6. The third-order valence-corrected chi connectivity index (χ3v) is 3.22. The molecular weight excluding hydrogens is 265 g/mol. The fourth-order valence-corrected chi connectivity index (χ4v) is 2.03. The minimum Gasteiger partial charge on any atom is -0.366 e. The molecule has 106 valence electrons. The van der Waals surface area contributed by atoms with Gasteiger partial charge in [-0.1, -0.05) is 6.07 Å². The Morgan fingerprint density at radius 1 is 1.40 bits per heavy atom. The van der Waals surface area contributed by atoms with Crippen molar-refractivity contribution in [2.24, 2.45) is 11.5 Å². The van der Waals surface area contributed by atoms with Crippen molar-refractivity contribution in [3.8, 4) is 0 Å². The second kappa shape index (κ2) is 5.38. The number of piperidine rings is 1. The van der Waals surface area contributed by atoms with E-state index in [0.717, 1.165) is 11.0 Å². The van der Waals surface area contributed by atoms with Gasteiger partial charge in [-0.2, -0.15) is 0 Å². The van der Waals surface area contributed by atoms with Gasteiger partial charge in [-0.3, -0.25) is 19.3 Å². The number of halogens is 1. The monoisotopic (exact) mass is 279 g/mol. The Morgan fingerprint density at radius 2 is 2.10 bits per heavy atom. The lowest BCUT2D eigenvalue weighted by molar-refractivity contribution is -0.149. The Hall–Kier alpha value is -2.28. The van der Waals surface area contributed by atoms with Crippen molar-refractivity contribution < 1.29 is 18.8 Å². The zero-order valence-corrected chi connectivity index (χ0v) is 10.6. The Morgan fingerprint density at radius 3 is 2.70 bits per heavy atom. The van der Waals surface area contributed by atoms with E-state index in [1.165, 1.54) is 12.1 Å². The summed E-state index contributed by atoms with van der Waals surface area (Å²) in [5.74, 6) is -2.33. The predicted molar refractivity (Wildman–Crippen MR) is 67.7 cm³/mol. The molecule has 0 radical (unpaired) electrons. The Balaban J connectivity index is 2.23. The summed E-state index contributed by atoms with van der Waals surface area (Å²) in [5, 5.41) is 0. The smallest absolute Gasteiger partial charge is 0.248 e. The number of imide groups is 1. The van der Waals surface area contributed by atoms with E-state index < -0.39 is 23.7 Å². The van der Waals surface area contributed by atoms with Gasteiger partial charge in [-0.25, -0.2) is 4.39 Å². The summed E-state index contributed by atoms with van der Waals surface area (Å²) in [6.07, 6.45) is 0.463. The van der Waals surface area contributed by atoms with Gasteiger partial charge in [-0.05, 0) is 18.6 Å². The van der Waals surface area contributed by atoms with E-state index in [9.17, 15) is 18.8 Å². The van der Waals surface area contributed by atoms with Crippen LogP contribution < -0.4 is 11.5 Å². The first kappa shape index (κ1) is 14.1. The van der Waals surface area contributed by atoms with E-state index in [1.807, 2.05) is 0 Å². The zero-order chi connectivity index (χ0) is 14.9. The van der Waals surface area contributed by atoms with Crippen LogP contribution in [-0.4, -0.2) is 28.7 Å². The number of rotatable bonds is 3. The molecule has 0 bridgehead atoms. The normalized spacial score (nSPS) is 19.3. The fraction of sp³-hybridized carbons (Fsp3) is 0.308. The van der Waals surface area contributed by atoms with Crippen molar-refractivity contribution in [1.82, 2.24) is 4.90 Å². The lowest BCUT2D eigenvalue weighted by atomic mass is 10.0. The number of amides is 3. The van der Waals surface area contributed by atoms with Crippen LogP contribution in [-0.2, 0) is 16.1 Å². The molecule has 0 aromatic heterocycles. The van der Waals surface area contributed by atoms with E-state index in [4.69, 9.17) is 11.5 Å². The Bertz CT molecular complexity index is 588. The molecule has 1 heterocycles. The summed E-state index contributed by atoms with van der Waals surface area (Å²) in [6, 6.07) is 2.92. The molecule has 1 atom stereocenters. The van der Waals surface area contributed by atoms with E-state index in [2.05, 4.69) is 0 Å². The largest absolute Gasteiger partial charge is 0.366 e. The molecular formula is C13H14FN3O3. The van der Waals surface area contributed by atoms with Gasteiger partial charge in [0.05, 0.1) is 12.6 Å². The van der Waals surface area contributed by atoms with Gasteiger partial charge in [-0.15, -0.1) is 0 Å². The fourth-order valence-electron chi connectivity index (χ4n) is 2.03. The average Bonchev–Trinajstić information content (AvgIpc) is 2.40. The maximum Gasteiger partial charge on any atom is 0.248 e. The molecule has 6 nitrogen and oxygen atoms in total. The first-order valence-corrected chi connectivity index (χ1v) is 6.08. The number of primary amides is 1. The van der Waals surface area contributed by atoms with Crippen LogP contribution in [0.2, 0.25) is 0 Å². The number of nitrogens with zero attached hydrogens (tertiary/aromatic N) is 1. The highest BCUT2D eigenvalue weighted by Crippen LogP contribution is 2.18. The minimum atomic E-state index is -0.748. The standard InChI is InChI=1S/C13H14FN3O3/c14-9-5-7(12(16)19)1-2-8(9)6-17-11(18)4-3-10(15)13(17)20/h1-2,5,10H,3-4,6,15H2,(H2,16,19). The third kappa shape index (κ3) is 2.67. The molecule has 1 aliphatic rings. The number of nitrogens with two attached hydrogens (primary N) is 2. The summed E-state index contributed by atoms with van der Waals surface area (Å²) in [6.45, 7) is -0.198. The summed E-state index contributed by atoms with van der Waals surface area (Å²) >= 11 is 0. The summed E-state index contributed by atoms with van der Waals surface area (Å²) in [4.78, 5) is 35.4. The van der Waals surface area contributed by atoms with Crippen LogP contribution in [0.15, 0.2) is 18.2 Å². The third-order valence-electron chi connectivity index (χ3n) is 3.22. The van der Waals surface area contributed by atoms with Gasteiger partial charge < -0.3 is 11.5 Å². The van der Waals surface area contributed by atoms with Crippen molar-refractivity contribution in [2.75, 3.05) is 0 Å². The molecule has 0 spiro atoms.